The van der Waals surface area contributed by atoms with Crippen molar-refractivity contribution < 1.29 is 23.1 Å². The molecule has 11 nitrogen and oxygen atoms in total. The Labute approximate surface area is 210 Å². The van der Waals surface area contributed by atoms with E-state index in [2.05, 4.69) is 15.0 Å². The molecule has 2 aliphatic heterocycles. The van der Waals surface area contributed by atoms with Crippen molar-refractivity contribution in [3.05, 3.63) is 50.9 Å². The number of nitrogens with zero attached hydrogens (tertiary/aromatic N) is 3. The molecule has 3 aromatic rings. The summed E-state index contributed by atoms with van der Waals surface area (Å²) in [7, 11) is -3.99. The van der Waals surface area contributed by atoms with E-state index in [0.717, 1.165) is 21.8 Å². The fraction of sp³-hybridized carbons (Fsp3) is 0.348. The quantitative estimate of drug-likeness (QED) is 0.385. The summed E-state index contributed by atoms with van der Waals surface area (Å²) in [6.07, 6.45) is 0.869. The van der Waals surface area contributed by atoms with Gasteiger partial charge in [-0.3, -0.25) is 29.1 Å². The number of para-hydroxylation sites is 1. The van der Waals surface area contributed by atoms with Gasteiger partial charge in [0.15, 0.2) is 10.4 Å². The van der Waals surface area contributed by atoms with Crippen molar-refractivity contribution in [3.63, 3.8) is 0 Å². The SMILES string of the molecule is CC(=O)N1CCc2sc([S+](=O)([O-])Nc3cccc4c(=O)n(C5CCC(=O)NC5=O)c(C)nc34)cc2C1. The second kappa shape index (κ2) is 8.91. The van der Waals surface area contributed by atoms with Crippen LogP contribution in [0.3, 0.4) is 0 Å². The lowest BCUT2D eigenvalue weighted by atomic mass is 10.1. The van der Waals surface area contributed by atoms with E-state index in [4.69, 9.17) is 0 Å². The molecule has 1 aromatic carbocycles. The minimum atomic E-state index is -3.99. The van der Waals surface area contributed by atoms with Gasteiger partial charge in [0.05, 0.1) is 5.39 Å². The van der Waals surface area contributed by atoms with E-state index >= 15 is 0 Å². The molecule has 1 fully saturated rings. The average molecular weight is 530 g/mol. The number of amides is 3. The summed E-state index contributed by atoms with van der Waals surface area (Å²) in [4.78, 5) is 56.0. The van der Waals surface area contributed by atoms with Crippen molar-refractivity contribution in [3.8, 4) is 0 Å². The van der Waals surface area contributed by atoms with E-state index in [1.54, 1.807) is 17.9 Å². The maximum absolute atomic E-state index is 13.3. The largest absolute Gasteiger partial charge is 0.588 e. The topological polar surface area (TPSA) is 154 Å². The van der Waals surface area contributed by atoms with Gasteiger partial charge in [0.25, 0.3) is 5.56 Å². The number of fused-ring (bicyclic) bond motifs is 2. The number of hydrogen-bond donors (Lipinski definition) is 2. The number of carbonyl (C=O) groups excluding carboxylic acids is 3. The number of benzene rings is 1. The second-order valence-corrected chi connectivity index (χ2v) is 11.9. The molecule has 0 bridgehead atoms. The number of imide groups is 1. The molecule has 0 radical (unpaired) electrons. The van der Waals surface area contributed by atoms with Crippen molar-refractivity contribution in [2.75, 3.05) is 11.3 Å². The first-order chi connectivity index (χ1) is 17.0. The maximum Gasteiger partial charge on any atom is 0.262 e. The predicted octanol–water partition coefficient (Wildman–Crippen LogP) is 1.66. The average Bonchev–Trinajstić information content (AvgIpc) is 3.25. The van der Waals surface area contributed by atoms with Gasteiger partial charge in [0.2, 0.25) is 21.9 Å². The molecule has 2 atom stereocenters. The third kappa shape index (κ3) is 4.22. The van der Waals surface area contributed by atoms with Crippen molar-refractivity contribution in [2.45, 2.75) is 49.9 Å². The number of nitrogens with one attached hydrogen (secondary N) is 2. The van der Waals surface area contributed by atoms with Crippen LogP contribution in [0.25, 0.3) is 10.9 Å². The summed E-state index contributed by atoms with van der Waals surface area (Å²) in [6, 6.07) is 5.28. The van der Waals surface area contributed by atoms with Crippen LogP contribution in [-0.4, -0.2) is 43.3 Å². The van der Waals surface area contributed by atoms with Crippen LogP contribution >= 0.6 is 11.3 Å². The molecule has 5 rings (SSSR count). The highest BCUT2D eigenvalue weighted by Crippen LogP contribution is 2.35. The number of hydrogen-bond acceptors (Lipinski definition) is 8. The van der Waals surface area contributed by atoms with Gasteiger partial charge in [-0.1, -0.05) is 21.6 Å². The zero-order chi connectivity index (χ0) is 25.8. The Morgan fingerprint density at radius 2 is 2.06 bits per heavy atom. The van der Waals surface area contributed by atoms with Gasteiger partial charge in [-0.25, -0.2) is 9.71 Å². The van der Waals surface area contributed by atoms with Crippen LogP contribution in [0, 0.1) is 6.92 Å². The van der Waals surface area contributed by atoms with Gasteiger partial charge in [-0.05, 0) is 37.5 Å². The van der Waals surface area contributed by atoms with Crippen LogP contribution in [-0.2, 0) is 42.0 Å². The monoisotopic (exact) mass is 529 g/mol. The summed E-state index contributed by atoms with van der Waals surface area (Å²) in [5.74, 6) is -0.796. The molecule has 36 heavy (non-hydrogen) atoms. The highest BCUT2D eigenvalue weighted by atomic mass is 32.3. The molecular formula is C23H23N5O6S2. The van der Waals surface area contributed by atoms with Gasteiger partial charge in [-0.2, -0.15) is 0 Å². The van der Waals surface area contributed by atoms with Gasteiger partial charge in [0.1, 0.15) is 23.1 Å². The number of aromatic nitrogens is 2. The summed E-state index contributed by atoms with van der Waals surface area (Å²) in [5, 5.41) is 2.39. The van der Waals surface area contributed by atoms with E-state index in [-0.39, 0.29) is 45.4 Å². The lowest BCUT2D eigenvalue weighted by Gasteiger charge is -2.25. The third-order valence-corrected chi connectivity index (χ3v) is 9.50. The van der Waals surface area contributed by atoms with Gasteiger partial charge >= 0.3 is 0 Å². The fourth-order valence-corrected chi connectivity index (χ4v) is 7.22. The Hall–Kier alpha value is -3.42. The number of rotatable bonds is 4. The zero-order valence-corrected chi connectivity index (χ0v) is 21.2. The fourth-order valence-electron chi connectivity index (χ4n) is 4.61. The lowest BCUT2D eigenvalue weighted by Crippen LogP contribution is -2.45. The Morgan fingerprint density at radius 3 is 2.78 bits per heavy atom. The van der Waals surface area contributed by atoms with Crippen molar-refractivity contribution in [1.82, 2.24) is 19.8 Å². The van der Waals surface area contributed by atoms with Crippen LogP contribution in [0.15, 0.2) is 33.3 Å². The Kier molecular flexibility index (Phi) is 6.01. The first-order valence-corrected chi connectivity index (χ1v) is 13.6. The molecule has 3 amide bonds. The number of carbonyl (C=O) groups is 3. The third-order valence-electron chi connectivity index (χ3n) is 6.43. The maximum atomic E-state index is 13.3. The summed E-state index contributed by atoms with van der Waals surface area (Å²) in [6.45, 7) is 3.96. The normalized spacial score (nSPS) is 19.5. The molecule has 2 unspecified atom stereocenters. The van der Waals surface area contributed by atoms with Crippen molar-refractivity contribution in [2.24, 2.45) is 0 Å². The molecule has 2 N–H and O–H groups in total. The number of sulfonamides is 1. The molecule has 2 aromatic heterocycles. The second-order valence-electron chi connectivity index (χ2n) is 8.81. The minimum absolute atomic E-state index is 0.0606. The van der Waals surface area contributed by atoms with Crippen LogP contribution in [0.4, 0.5) is 5.69 Å². The minimum Gasteiger partial charge on any atom is -0.588 e. The van der Waals surface area contributed by atoms with Gasteiger partial charge < -0.3 is 9.45 Å². The van der Waals surface area contributed by atoms with Crippen LogP contribution in [0.5, 0.6) is 0 Å². The molecule has 0 aliphatic carbocycles. The van der Waals surface area contributed by atoms with Crippen LogP contribution in [0.1, 0.15) is 42.1 Å². The predicted molar refractivity (Wildman–Crippen MR) is 132 cm³/mol. The van der Waals surface area contributed by atoms with Crippen LogP contribution < -0.4 is 15.6 Å². The van der Waals surface area contributed by atoms with Crippen LogP contribution in [0.2, 0.25) is 0 Å². The van der Waals surface area contributed by atoms with Gasteiger partial charge in [-0.15, -0.1) is 0 Å². The first kappa shape index (κ1) is 24.3. The molecule has 188 valence electrons. The first-order valence-electron chi connectivity index (χ1n) is 11.3. The number of piperidine rings is 1. The zero-order valence-electron chi connectivity index (χ0n) is 19.5. The van der Waals surface area contributed by atoms with Crippen molar-refractivity contribution >= 4 is 56.0 Å². The molecule has 0 spiro atoms. The van der Waals surface area contributed by atoms with E-state index in [1.807, 2.05) is 0 Å². The standard InChI is InChI=1S/C23H23N5O6S2/c1-12-24-21-15(23(32)28(12)17-6-7-19(30)25-22(17)31)4-3-5-16(21)26-36(33,34)20-10-14-11-27(13(2)29)9-8-18(14)35-20/h3-5,10,17H,6-9,11H2,1-2H3,(H2-,25,26,30,31,33,34). The summed E-state index contributed by atoms with van der Waals surface area (Å²) >= 11 is 1.16. The number of thiophene rings is 1. The molecular weight excluding hydrogens is 506 g/mol. The van der Waals surface area contributed by atoms with E-state index in [1.165, 1.54) is 29.7 Å². The molecule has 0 saturated carbocycles. The lowest BCUT2D eigenvalue weighted by molar-refractivity contribution is -0.136. The van der Waals surface area contributed by atoms with E-state index in [9.17, 15) is 27.9 Å². The smallest absolute Gasteiger partial charge is 0.262 e. The van der Waals surface area contributed by atoms with E-state index in [0.29, 0.717) is 19.5 Å². The van der Waals surface area contributed by atoms with Gasteiger partial charge in [0, 0.05) is 37.4 Å². The Balaban J connectivity index is 1.50. The Bertz CT molecular complexity index is 1540. The molecule has 13 heteroatoms. The van der Waals surface area contributed by atoms with E-state index < -0.39 is 33.8 Å². The number of aryl methyl sites for hydroxylation is 1. The highest BCUT2D eigenvalue weighted by Gasteiger charge is 2.32. The summed E-state index contributed by atoms with van der Waals surface area (Å²) in [5.41, 5.74) is 0.612. The molecule has 4 heterocycles. The summed E-state index contributed by atoms with van der Waals surface area (Å²) < 4.78 is 30.4. The Morgan fingerprint density at radius 1 is 1.28 bits per heavy atom. The molecule has 1 saturated heterocycles. The molecule has 2 aliphatic rings. The highest BCUT2D eigenvalue weighted by molar-refractivity contribution is 8.00. The van der Waals surface area contributed by atoms with Crippen molar-refractivity contribution in [1.29, 1.82) is 0 Å². The number of anilines is 1.